The number of aromatic nitrogens is 3. The molecule has 0 fully saturated rings. The van der Waals surface area contributed by atoms with E-state index in [2.05, 4.69) is 44.6 Å². The van der Waals surface area contributed by atoms with Crippen LogP contribution in [0.3, 0.4) is 0 Å². The molecule has 2 aromatic carbocycles. The molecular weight excluding hydrogens is 376 g/mol. The van der Waals surface area contributed by atoms with Crippen LogP contribution >= 0.6 is 0 Å². The Bertz CT molecular complexity index is 970. The first-order chi connectivity index (χ1) is 14.6. The van der Waals surface area contributed by atoms with Crippen molar-refractivity contribution in [2.75, 3.05) is 26.7 Å². The van der Waals surface area contributed by atoms with Crippen LogP contribution in [0.25, 0.3) is 5.69 Å². The standard InChI is InChI=1S/C23H28N6O/c1-18(19-7-9-22(10-8-19)29-17-24-16-26-29)27(2)23(30)25-12-14-28-13-11-20-5-3-4-6-21(20)15-28/h3-10,16-18H,11-15H2,1-2H3,(H,25,30)/t18-/m1/s1. The fourth-order valence-corrected chi connectivity index (χ4v) is 3.84. The lowest BCUT2D eigenvalue weighted by atomic mass is 10.00. The highest BCUT2D eigenvalue weighted by Crippen LogP contribution is 2.20. The fraction of sp³-hybridized carbons (Fsp3) is 0.348. The third-order valence-electron chi connectivity index (χ3n) is 5.87. The third-order valence-corrected chi connectivity index (χ3v) is 5.87. The minimum absolute atomic E-state index is 0.0309. The minimum atomic E-state index is -0.0553. The Kier molecular flexibility index (Phi) is 6.09. The normalized spacial score (nSPS) is 14.7. The molecule has 0 saturated carbocycles. The summed E-state index contributed by atoms with van der Waals surface area (Å²) in [5, 5.41) is 7.20. The summed E-state index contributed by atoms with van der Waals surface area (Å²) in [6.45, 7) is 5.53. The molecule has 7 nitrogen and oxygen atoms in total. The summed E-state index contributed by atoms with van der Waals surface area (Å²) >= 11 is 0. The van der Waals surface area contributed by atoms with Crippen LogP contribution in [-0.2, 0) is 13.0 Å². The number of amides is 2. The van der Waals surface area contributed by atoms with Crippen molar-refractivity contribution < 1.29 is 4.79 Å². The predicted molar refractivity (Wildman–Crippen MR) is 116 cm³/mol. The van der Waals surface area contributed by atoms with Crippen molar-refractivity contribution in [2.24, 2.45) is 0 Å². The number of carbonyl (C=O) groups is 1. The number of fused-ring (bicyclic) bond motifs is 1. The van der Waals surface area contributed by atoms with Crippen molar-refractivity contribution in [3.05, 3.63) is 77.9 Å². The van der Waals surface area contributed by atoms with Gasteiger partial charge in [0, 0.05) is 33.2 Å². The molecule has 7 heteroatoms. The summed E-state index contributed by atoms with van der Waals surface area (Å²) in [6, 6.07) is 16.5. The SMILES string of the molecule is C[C@H](c1ccc(-n2cncn2)cc1)N(C)C(=O)NCCN1CCc2ccccc2C1. The smallest absolute Gasteiger partial charge is 0.317 e. The van der Waals surface area contributed by atoms with Crippen molar-refractivity contribution >= 4 is 6.03 Å². The lowest BCUT2D eigenvalue weighted by Crippen LogP contribution is -2.43. The Morgan fingerprint density at radius 2 is 1.93 bits per heavy atom. The fourth-order valence-electron chi connectivity index (χ4n) is 3.84. The number of hydrogen-bond acceptors (Lipinski definition) is 4. The van der Waals surface area contributed by atoms with E-state index in [4.69, 9.17) is 0 Å². The van der Waals surface area contributed by atoms with Gasteiger partial charge in [-0.2, -0.15) is 5.10 Å². The molecule has 0 unspecified atom stereocenters. The number of nitrogens with zero attached hydrogens (tertiary/aromatic N) is 5. The lowest BCUT2D eigenvalue weighted by Gasteiger charge is -2.30. The molecule has 156 valence electrons. The number of nitrogens with one attached hydrogen (secondary N) is 1. The number of hydrogen-bond donors (Lipinski definition) is 1. The van der Waals surface area contributed by atoms with E-state index in [0.717, 1.165) is 37.3 Å². The molecule has 2 heterocycles. The second-order valence-corrected chi connectivity index (χ2v) is 7.75. The molecular formula is C23H28N6O. The zero-order valence-corrected chi connectivity index (χ0v) is 17.5. The van der Waals surface area contributed by atoms with Gasteiger partial charge >= 0.3 is 6.03 Å². The van der Waals surface area contributed by atoms with Crippen molar-refractivity contribution in [3.63, 3.8) is 0 Å². The molecule has 0 saturated heterocycles. The van der Waals surface area contributed by atoms with Crippen LogP contribution in [0, 0.1) is 0 Å². The molecule has 0 spiro atoms. The highest BCUT2D eigenvalue weighted by Gasteiger charge is 2.19. The highest BCUT2D eigenvalue weighted by molar-refractivity contribution is 5.74. The quantitative estimate of drug-likeness (QED) is 0.686. The molecule has 2 amide bonds. The average molecular weight is 405 g/mol. The zero-order chi connectivity index (χ0) is 20.9. The Morgan fingerprint density at radius 1 is 1.17 bits per heavy atom. The first-order valence-electron chi connectivity index (χ1n) is 10.4. The topological polar surface area (TPSA) is 66.3 Å². The van der Waals surface area contributed by atoms with Gasteiger partial charge in [0.2, 0.25) is 0 Å². The van der Waals surface area contributed by atoms with Crippen LogP contribution in [0.5, 0.6) is 0 Å². The maximum Gasteiger partial charge on any atom is 0.317 e. The van der Waals surface area contributed by atoms with Gasteiger partial charge < -0.3 is 10.2 Å². The van der Waals surface area contributed by atoms with Crippen LogP contribution < -0.4 is 5.32 Å². The predicted octanol–water partition coefficient (Wildman–Crippen LogP) is 3.03. The van der Waals surface area contributed by atoms with Crippen molar-refractivity contribution in [2.45, 2.75) is 25.9 Å². The molecule has 1 N–H and O–H groups in total. The molecule has 1 aliphatic heterocycles. The Labute approximate surface area is 177 Å². The molecule has 4 rings (SSSR count). The lowest BCUT2D eigenvalue weighted by molar-refractivity contribution is 0.190. The van der Waals surface area contributed by atoms with Crippen LogP contribution in [-0.4, -0.2) is 57.3 Å². The molecule has 0 bridgehead atoms. The Morgan fingerprint density at radius 3 is 2.67 bits per heavy atom. The van der Waals surface area contributed by atoms with Crippen LogP contribution in [0.4, 0.5) is 4.79 Å². The van der Waals surface area contributed by atoms with Gasteiger partial charge in [0.05, 0.1) is 11.7 Å². The second kappa shape index (κ2) is 9.09. The number of carbonyl (C=O) groups excluding carboxylic acids is 1. The molecule has 1 atom stereocenters. The number of urea groups is 1. The van der Waals surface area contributed by atoms with Crippen LogP contribution in [0.15, 0.2) is 61.2 Å². The maximum atomic E-state index is 12.6. The first-order valence-corrected chi connectivity index (χ1v) is 10.4. The van der Waals surface area contributed by atoms with Crippen molar-refractivity contribution in [1.29, 1.82) is 0 Å². The maximum absolute atomic E-state index is 12.6. The van der Waals surface area contributed by atoms with E-state index in [-0.39, 0.29) is 12.1 Å². The van der Waals surface area contributed by atoms with E-state index in [1.807, 2.05) is 38.2 Å². The van der Waals surface area contributed by atoms with Gasteiger partial charge in [-0.15, -0.1) is 0 Å². The van der Waals surface area contributed by atoms with Gasteiger partial charge in [0.25, 0.3) is 0 Å². The minimum Gasteiger partial charge on any atom is -0.337 e. The van der Waals surface area contributed by atoms with E-state index in [1.165, 1.54) is 17.5 Å². The molecule has 3 aromatic rings. The summed E-state index contributed by atoms with van der Waals surface area (Å²) < 4.78 is 1.71. The molecule has 0 aliphatic carbocycles. The van der Waals surface area contributed by atoms with Gasteiger partial charge in [-0.3, -0.25) is 4.90 Å². The first kappa shape index (κ1) is 20.1. The van der Waals surface area contributed by atoms with E-state index in [9.17, 15) is 4.79 Å². The van der Waals surface area contributed by atoms with Crippen molar-refractivity contribution in [1.82, 2.24) is 29.9 Å². The van der Waals surface area contributed by atoms with Gasteiger partial charge in [0.15, 0.2) is 0 Å². The molecule has 30 heavy (non-hydrogen) atoms. The summed E-state index contributed by atoms with van der Waals surface area (Å²) in [4.78, 5) is 20.7. The van der Waals surface area contributed by atoms with E-state index in [1.54, 1.807) is 15.9 Å². The summed E-state index contributed by atoms with van der Waals surface area (Å²) in [5.41, 5.74) is 4.86. The number of rotatable bonds is 6. The van der Waals surface area contributed by atoms with Gasteiger partial charge in [-0.25, -0.2) is 14.5 Å². The zero-order valence-electron chi connectivity index (χ0n) is 17.5. The Balaban J connectivity index is 1.26. The summed E-state index contributed by atoms with van der Waals surface area (Å²) in [7, 11) is 1.84. The van der Waals surface area contributed by atoms with Gasteiger partial charge in [-0.05, 0) is 42.2 Å². The van der Waals surface area contributed by atoms with E-state index < -0.39 is 0 Å². The monoisotopic (exact) mass is 404 g/mol. The van der Waals surface area contributed by atoms with Crippen molar-refractivity contribution in [3.8, 4) is 5.69 Å². The van der Waals surface area contributed by atoms with Crippen LogP contribution in [0.2, 0.25) is 0 Å². The average Bonchev–Trinajstić information content (AvgIpc) is 3.33. The third kappa shape index (κ3) is 4.52. The molecule has 1 aromatic heterocycles. The van der Waals surface area contributed by atoms with Gasteiger partial charge in [-0.1, -0.05) is 36.4 Å². The van der Waals surface area contributed by atoms with E-state index in [0.29, 0.717) is 6.54 Å². The Hall–Kier alpha value is -3.19. The number of benzene rings is 2. The largest absolute Gasteiger partial charge is 0.337 e. The highest BCUT2D eigenvalue weighted by atomic mass is 16.2. The second-order valence-electron chi connectivity index (χ2n) is 7.75. The molecule has 1 aliphatic rings. The molecule has 0 radical (unpaired) electrons. The summed E-state index contributed by atoms with van der Waals surface area (Å²) in [5.74, 6) is 0. The van der Waals surface area contributed by atoms with E-state index >= 15 is 0 Å². The van der Waals surface area contributed by atoms with Gasteiger partial charge in [0.1, 0.15) is 12.7 Å². The summed E-state index contributed by atoms with van der Waals surface area (Å²) in [6.07, 6.45) is 4.25. The van der Waals surface area contributed by atoms with Crippen LogP contribution in [0.1, 0.15) is 29.7 Å².